The lowest BCUT2D eigenvalue weighted by atomic mass is 10.1. The van der Waals surface area contributed by atoms with Crippen LogP contribution < -0.4 is 14.8 Å². The topological polar surface area (TPSA) is 60.5 Å². The Balaban J connectivity index is 1.63. The highest BCUT2D eigenvalue weighted by atomic mass is 32.1. The number of thiazole rings is 1. The summed E-state index contributed by atoms with van der Waals surface area (Å²) in [7, 11) is 0. The molecule has 1 aliphatic rings. The fourth-order valence-electron chi connectivity index (χ4n) is 2.29. The normalized spacial score (nSPS) is 14.7. The predicted octanol–water partition coefficient (Wildman–Crippen LogP) is 3.11. The van der Waals surface area contributed by atoms with E-state index in [4.69, 9.17) is 9.47 Å². The zero-order valence-corrected chi connectivity index (χ0v) is 13.9. The molecule has 0 aliphatic carbocycles. The van der Waals surface area contributed by atoms with Crippen molar-refractivity contribution in [3.05, 3.63) is 45.9 Å². The molecule has 2 aromatic rings. The van der Waals surface area contributed by atoms with Gasteiger partial charge in [0, 0.05) is 17.2 Å². The van der Waals surface area contributed by atoms with Crippen molar-refractivity contribution in [2.45, 2.75) is 19.9 Å². The van der Waals surface area contributed by atoms with Crippen LogP contribution in [-0.2, 0) is 4.79 Å². The van der Waals surface area contributed by atoms with Crippen LogP contribution in [0.25, 0.3) is 6.08 Å². The van der Waals surface area contributed by atoms with Gasteiger partial charge in [0.05, 0.1) is 11.0 Å². The summed E-state index contributed by atoms with van der Waals surface area (Å²) in [5.41, 5.74) is 0.977. The van der Waals surface area contributed by atoms with Crippen LogP contribution in [-0.4, -0.2) is 24.1 Å². The van der Waals surface area contributed by atoms with E-state index in [1.807, 2.05) is 32.0 Å². The van der Waals surface area contributed by atoms with Gasteiger partial charge in [0.15, 0.2) is 11.5 Å². The Kier molecular flexibility index (Phi) is 4.62. The Bertz CT molecular complexity index is 739. The molecule has 0 radical (unpaired) electrons. The molecular formula is C17H18N2O3S. The maximum atomic E-state index is 12.0. The zero-order valence-electron chi connectivity index (χ0n) is 13.0. The van der Waals surface area contributed by atoms with Crippen molar-refractivity contribution in [1.82, 2.24) is 10.3 Å². The summed E-state index contributed by atoms with van der Waals surface area (Å²) in [5.74, 6) is 1.34. The molecule has 1 unspecified atom stereocenters. The van der Waals surface area contributed by atoms with Crippen LogP contribution in [0.1, 0.15) is 28.4 Å². The summed E-state index contributed by atoms with van der Waals surface area (Å²) < 4.78 is 11.1. The maximum absolute atomic E-state index is 12.0. The second-order valence-corrected chi connectivity index (χ2v) is 6.51. The van der Waals surface area contributed by atoms with E-state index in [9.17, 15) is 4.79 Å². The number of hydrogen-bond donors (Lipinski definition) is 1. The molecule has 0 fully saturated rings. The highest BCUT2D eigenvalue weighted by molar-refractivity contribution is 7.12. The number of rotatable bonds is 4. The van der Waals surface area contributed by atoms with E-state index in [2.05, 4.69) is 10.3 Å². The molecule has 23 heavy (non-hydrogen) atoms. The van der Waals surface area contributed by atoms with Gasteiger partial charge in [-0.05, 0) is 37.6 Å². The number of nitrogens with one attached hydrogen (secondary N) is 1. The Morgan fingerprint density at radius 3 is 2.87 bits per heavy atom. The number of ether oxygens (including phenoxy) is 2. The smallest absolute Gasteiger partial charge is 0.244 e. The summed E-state index contributed by atoms with van der Waals surface area (Å²) in [6.07, 6.45) is 5.06. The van der Waals surface area contributed by atoms with Gasteiger partial charge in [-0.15, -0.1) is 11.3 Å². The van der Waals surface area contributed by atoms with Crippen molar-refractivity contribution in [2.75, 3.05) is 13.2 Å². The number of aryl methyl sites for hydroxylation is 1. The van der Waals surface area contributed by atoms with Crippen molar-refractivity contribution >= 4 is 23.3 Å². The van der Waals surface area contributed by atoms with Crippen LogP contribution >= 0.6 is 11.3 Å². The molecule has 0 spiro atoms. The summed E-state index contributed by atoms with van der Waals surface area (Å²) in [6.45, 7) is 4.99. The van der Waals surface area contributed by atoms with Gasteiger partial charge in [-0.1, -0.05) is 6.07 Å². The van der Waals surface area contributed by atoms with Gasteiger partial charge in [0.1, 0.15) is 13.2 Å². The Labute approximate surface area is 139 Å². The number of carbonyl (C=O) groups is 1. The molecule has 1 atom stereocenters. The minimum Gasteiger partial charge on any atom is -0.486 e. The lowest BCUT2D eigenvalue weighted by molar-refractivity contribution is -0.117. The van der Waals surface area contributed by atoms with Gasteiger partial charge < -0.3 is 14.8 Å². The lowest BCUT2D eigenvalue weighted by Crippen LogP contribution is -2.25. The van der Waals surface area contributed by atoms with E-state index in [1.165, 1.54) is 6.08 Å². The Morgan fingerprint density at radius 1 is 1.35 bits per heavy atom. The van der Waals surface area contributed by atoms with Gasteiger partial charge in [-0.3, -0.25) is 4.79 Å². The van der Waals surface area contributed by atoms with E-state index in [0.717, 1.165) is 26.9 Å². The van der Waals surface area contributed by atoms with Gasteiger partial charge in [-0.2, -0.15) is 0 Å². The third-order valence-corrected chi connectivity index (χ3v) is 4.34. The second-order valence-electron chi connectivity index (χ2n) is 5.25. The molecule has 1 N–H and O–H groups in total. The first kappa shape index (κ1) is 15.6. The van der Waals surface area contributed by atoms with E-state index in [0.29, 0.717) is 13.2 Å². The number of fused-ring (bicyclic) bond motifs is 1. The van der Waals surface area contributed by atoms with Gasteiger partial charge in [0.2, 0.25) is 5.91 Å². The fourth-order valence-corrected chi connectivity index (χ4v) is 2.97. The monoisotopic (exact) mass is 330 g/mol. The minimum absolute atomic E-state index is 0.119. The van der Waals surface area contributed by atoms with Crippen molar-refractivity contribution in [2.24, 2.45) is 0 Å². The minimum atomic E-state index is -0.140. The zero-order chi connectivity index (χ0) is 16.2. The molecule has 0 bridgehead atoms. The number of carbonyl (C=O) groups excluding carboxylic acids is 1. The van der Waals surface area contributed by atoms with Crippen LogP contribution in [0.5, 0.6) is 11.5 Å². The average molecular weight is 330 g/mol. The molecule has 1 aromatic heterocycles. The van der Waals surface area contributed by atoms with Crippen LogP contribution in [0.15, 0.2) is 30.5 Å². The Morgan fingerprint density at radius 2 is 2.13 bits per heavy atom. The molecular weight excluding hydrogens is 312 g/mol. The number of hydrogen-bond acceptors (Lipinski definition) is 5. The molecule has 5 nitrogen and oxygen atoms in total. The molecule has 2 heterocycles. The highest BCUT2D eigenvalue weighted by Gasteiger charge is 2.15. The summed E-state index contributed by atoms with van der Waals surface area (Å²) in [6, 6.07) is 5.61. The SMILES string of the molecule is Cc1ncc(C=CC(=O)NC(C)c2ccc3c(c2)OCCO3)s1. The van der Waals surface area contributed by atoms with Crippen LogP contribution in [0, 0.1) is 6.92 Å². The molecule has 120 valence electrons. The van der Waals surface area contributed by atoms with Crippen LogP contribution in [0.2, 0.25) is 0 Å². The molecule has 1 aromatic carbocycles. The summed E-state index contributed by atoms with van der Waals surface area (Å²) in [4.78, 5) is 17.1. The van der Waals surface area contributed by atoms with E-state index in [1.54, 1.807) is 23.6 Å². The fraction of sp³-hybridized carbons (Fsp3) is 0.294. The molecule has 1 amide bonds. The molecule has 6 heteroatoms. The predicted molar refractivity (Wildman–Crippen MR) is 89.9 cm³/mol. The van der Waals surface area contributed by atoms with Crippen molar-refractivity contribution < 1.29 is 14.3 Å². The van der Waals surface area contributed by atoms with Crippen molar-refractivity contribution in [3.8, 4) is 11.5 Å². The van der Waals surface area contributed by atoms with Crippen LogP contribution in [0.3, 0.4) is 0 Å². The molecule has 0 saturated carbocycles. The van der Waals surface area contributed by atoms with Crippen molar-refractivity contribution in [3.63, 3.8) is 0 Å². The molecule has 1 aliphatic heterocycles. The van der Waals surface area contributed by atoms with E-state index < -0.39 is 0 Å². The average Bonchev–Trinajstić information content (AvgIpc) is 2.98. The quantitative estimate of drug-likeness (QED) is 0.875. The first-order valence-electron chi connectivity index (χ1n) is 7.42. The first-order valence-corrected chi connectivity index (χ1v) is 8.24. The standard InChI is InChI=1S/C17H18N2O3S/c1-11(13-3-5-15-16(9-13)22-8-7-21-15)19-17(20)6-4-14-10-18-12(2)23-14/h3-6,9-11H,7-8H2,1-2H3,(H,19,20). The number of nitrogens with zero attached hydrogens (tertiary/aromatic N) is 1. The summed E-state index contributed by atoms with van der Waals surface area (Å²) in [5, 5.41) is 3.92. The molecule has 3 rings (SSSR count). The van der Waals surface area contributed by atoms with E-state index in [-0.39, 0.29) is 11.9 Å². The third-order valence-electron chi connectivity index (χ3n) is 3.46. The van der Waals surface area contributed by atoms with Gasteiger partial charge in [0.25, 0.3) is 0 Å². The highest BCUT2D eigenvalue weighted by Crippen LogP contribution is 2.32. The van der Waals surface area contributed by atoms with Gasteiger partial charge in [-0.25, -0.2) is 4.98 Å². The largest absolute Gasteiger partial charge is 0.486 e. The molecule has 0 saturated heterocycles. The first-order chi connectivity index (χ1) is 11.1. The van der Waals surface area contributed by atoms with Crippen LogP contribution in [0.4, 0.5) is 0 Å². The van der Waals surface area contributed by atoms with Gasteiger partial charge >= 0.3 is 0 Å². The lowest BCUT2D eigenvalue weighted by Gasteiger charge is -2.20. The second kappa shape index (κ2) is 6.83. The Hall–Kier alpha value is -2.34. The number of amides is 1. The van der Waals surface area contributed by atoms with Crippen molar-refractivity contribution in [1.29, 1.82) is 0 Å². The summed E-state index contributed by atoms with van der Waals surface area (Å²) >= 11 is 1.55. The maximum Gasteiger partial charge on any atom is 0.244 e. The van der Waals surface area contributed by atoms with E-state index >= 15 is 0 Å². The number of aromatic nitrogens is 1. The third kappa shape index (κ3) is 3.90. The number of benzene rings is 1.